The molecule has 0 aliphatic rings. The second-order valence-corrected chi connectivity index (χ2v) is 5.25. The highest BCUT2D eigenvalue weighted by Gasteiger charge is 2.12. The van der Waals surface area contributed by atoms with Crippen LogP contribution in [0.4, 0.5) is 0 Å². The molecule has 0 bridgehead atoms. The van der Waals surface area contributed by atoms with Gasteiger partial charge in [-0.25, -0.2) is 0 Å². The molecule has 2 rings (SSSR count). The number of hydrogen-bond acceptors (Lipinski definition) is 2. The number of aryl methyl sites for hydroxylation is 4. The molecular formula is C16H23N3. The highest BCUT2D eigenvalue weighted by molar-refractivity contribution is 5.32. The van der Waals surface area contributed by atoms with Gasteiger partial charge in [-0.15, -0.1) is 0 Å². The van der Waals surface area contributed by atoms with Crippen LogP contribution in [0.5, 0.6) is 0 Å². The molecular weight excluding hydrogens is 234 g/mol. The average molecular weight is 257 g/mol. The fourth-order valence-corrected chi connectivity index (χ4v) is 2.38. The summed E-state index contributed by atoms with van der Waals surface area (Å²) in [6.07, 6.45) is 0.831. The van der Waals surface area contributed by atoms with E-state index in [-0.39, 0.29) is 6.04 Å². The summed E-state index contributed by atoms with van der Waals surface area (Å²) in [7, 11) is 0. The third-order valence-corrected chi connectivity index (χ3v) is 3.67. The first-order valence-electron chi connectivity index (χ1n) is 6.87. The van der Waals surface area contributed by atoms with Gasteiger partial charge in [-0.3, -0.25) is 4.68 Å². The Morgan fingerprint density at radius 1 is 1.16 bits per heavy atom. The van der Waals surface area contributed by atoms with Gasteiger partial charge >= 0.3 is 0 Å². The maximum absolute atomic E-state index is 6.34. The molecule has 2 N–H and O–H groups in total. The van der Waals surface area contributed by atoms with Crippen LogP contribution in [-0.4, -0.2) is 9.78 Å². The lowest BCUT2D eigenvalue weighted by Gasteiger charge is -2.14. The van der Waals surface area contributed by atoms with Crippen LogP contribution in [0.2, 0.25) is 0 Å². The van der Waals surface area contributed by atoms with Crippen molar-refractivity contribution in [3.63, 3.8) is 0 Å². The van der Waals surface area contributed by atoms with Crippen molar-refractivity contribution in [3.05, 3.63) is 52.3 Å². The van der Waals surface area contributed by atoms with Crippen LogP contribution >= 0.6 is 0 Å². The number of benzene rings is 1. The Hall–Kier alpha value is -1.61. The Labute approximate surface area is 115 Å². The summed E-state index contributed by atoms with van der Waals surface area (Å²) in [6.45, 7) is 9.28. The fraction of sp³-hybridized carbons (Fsp3) is 0.438. The van der Waals surface area contributed by atoms with Crippen molar-refractivity contribution in [2.75, 3.05) is 0 Å². The second-order valence-electron chi connectivity index (χ2n) is 5.25. The Bertz CT molecular complexity index is 569. The van der Waals surface area contributed by atoms with Crippen LogP contribution in [0, 0.1) is 20.8 Å². The zero-order chi connectivity index (χ0) is 14.0. The fourth-order valence-electron chi connectivity index (χ4n) is 2.38. The first-order chi connectivity index (χ1) is 9.01. The lowest BCUT2D eigenvalue weighted by atomic mass is 9.98. The van der Waals surface area contributed by atoms with Gasteiger partial charge in [-0.2, -0.15) is 5.10 Å². The van der Waals surface area contributed by atoms with E-state index in [9.17, 15) is 0 Å². The summed E-state index contributed by atoms with van der Waals surface area (Å²) >= 11 is 0. The summed E-state index contributed by atoms with van der Waals surface area (Å²) in [5, 5.41) is 4.47. The van der Waals surface area contributed by atoms with Crippen LogP contribution in [0.25, 0.3) is 0 Å². The molecule has 102 valence electrons. The molecule has 0 spiro atoms. The van der Waals surface area contributed by atoms with Gasteiger partial charge in [0.1, 0.15) is 0 Å². The summed E-state index contributed by atoms with van der Waals surface area (Å²) < 4.78 is 2.04. The highest BCUT2D eigenvalue weighted by Crippen LogP contribution is 2.19. The number of nitrogens with zero attached hydrogens (tertiary/aromatic N) is 2. The number of aromatic nitrogens is 2. The van der Waals surface area contributed by atoms with E-state index >= 15 is 0 Å². The van der Waals surface area contributed by atoms with E-state index in [0.717, 1.165) is 18.7 Å². The molecule has 2 aromatic rings. The predicted molar refractivity (Wildman–Crippen MR) is 79.2 cm³/mol. The van der Waals surface area contributed by atoms with Gasteiger partial charge in [0, 0.05) is 24.7 Å². The lowest BCUT2D eigenvalue weighted by molar-refractivity contribution is 0.587. The lowest BCUT2D eigenvalue weighted by Crippen LogP contribution is -2.16. The van der Waals surface area contributed by atoms with Crippen molar-refractivity contribution in [1.82, 2.24) is 9.78 Å². The zero-order valence-corrected chi connectivity index (χ0v) is 12.3. The van der Waals surface area contributed by atoms with Gasteiger partial charge in [0.05, 0.1) is 5.69 Å². The van der Waals surface area contributed by atoms with Gasteiger partial charge in [0.25, 0.3) is 0 Å². The molecule has 0 saturated carbocycles. The van der Waals surface area contributed by atoms with Gasteiger partial charge in [-0.05, 0) is 50.5 Å². The van der Waals surface area contributed by atoms with Crippen molar-refractivity contribution in [2.45, 2.75) is 46.7 Å². The molecule has 3 nitrogen and oxygen atoms in total. The monoisotopic (exact) mass is 257 g/mol. The molecule has 0 aliphatic heterocycles. The maximum Gasteiger partial charge on any atom is 0.0596 e. The molecule has 0 radical (unpaired) electrons. The van der Waals surface area contributed by atoms with E-state index < -0.39 is 0 Å². The summed E-state index contributed by atoms with van der Waals surface area (Å²) in [5.41, 5.74) is 12.4. The topological polar surface area (TPSA) is 43.8 Å². The number of nitrogens with two attached hydrogens (primary N) is 1. The van der Waals surface area contributed by atoms with Gasteiger partial charge in [-0.1, -0.05) is 18.2 Å². The first kappa shape index (κ1) is 13.8. The summed E-state index contributed by atoms with van der Waals surface area (Å²) in [4.78, 5) is 0. The van der Waals surface area contributed by atoms with Crippen LogP contribution in [0.1, 0.15) is 41.0 Å². The Kier molecular flexibility index (Phi) is 4.05. The van der Waals surface area contributed by atoms with Crippen molar-refractivity contribution < 1.29 is 0 Å². The molecule has 0 aliphatic carbocycles. The number of hydrogen-bond donors (Lipinski definition) is 1. The van der Waals surface area contributed by atoms with Gasteiger partial charge in [0.2, 0.25) is 0 Å². The van der Waals surface area contributed by atoms with E-state index in [2.05, 4.69) is 50.1 Å². The van der Waals surface area contributed by atoms with Crippen LogP contribution < -0.4 is 5.73 Å². The Balaban J connectivity index is 2.20. The minimum Gasteiger partial charge on any atom is -0.324 e. The normalized spacial score (nSPS) is 12.7. The molecule has 0 saturated heterocycles. The van der Waals surface area contributed by atoms with Crippen molar-refractivity contribution in [2.24, 2.45) is 5.73 Å². The standard InChI is InChI=1S/C16H23N3/c1-5-19-15(9-13(4)18-19)10-16(17)14-7-6-11(2)12(3)8-14/h6-9,16H,5,10,17H2,1-4H3. The van der Waals surface area contributed by atoms with E-state index in [1.807, 2.05) is 11.6 Å². The predicted octanol–water partition coefficient (Wildman–Crippen LogP) is 3.07. The highest BCUT2D eigenvalue weighted by atomic mass is 15.3. The summed E-state index contributed by atoms with van der Waals surface area (Å²) in [5.74, 6) is 0. The molecule has 1 heterocycles. The second kappa shape index (κ2) is 5.57. The Morgan fingerprint density at radius 3 is 2.53 bits per heavy atom. The van der Waals surface area contributed by atoms with Crippen LogP contribution in [0.3, 0.4) is 0 Å². The largest absolute Gasteiger partial charge is 0.324 e. The molecule has 0 amide bonds. The van der Waals surface area contributed by atoms with Crippen molar-refractivity contribution in [1.29, 1.82) is 0 Å². The van der Waals surface area contributed by atoms with Crippen LogP contribution in [0.15, 0.2) is 24.3 Å². The van der Waals surface area contributed by atoms with Crippen LogP contribution in [-0.2, 0) is 13.0 Å². The molecule has 1 aromatic carbocycles. The Morgan fingerprint density at radius 2 is 1.89 bits per heavy atom. The van der Waals surface area contributed by atoms with E-state index in [4.69, 9.17) is 5.73 Å². The maximum atomic E-state index is 6.34. The summed E-state index contributed by atoms with van der Waals surface area (Å²) in [6, 6.07) is 8.63. The number of rotatable bonds is 4. The van der Waals surface area contributed by atoms with E-state index in [0.29, 0.717) is 0 Å². The van der Waals surface area contributed by atoms with Crippen molar-refractivity contribution in [3.8, 4) is 0 Å². The van der Waals surface area contributed by atoms with Gasteiger partial charge < -0.3 is 5.73 Å². The zero-order valence-electron chi connectivity index (χ0n) is 12.3. The molecule has 1 unspecified atom stereocenters. The molecule has 1 atom stereocenters. The quantitative estimate of drug-likeness (QED) is 0.914. The smallest absolute Gasteiger partial charge is 0.0596 e. The molecule has 0 fully saturated rings. The third kappa shape index (κ3) is 3.04. The van der Waals surface area contributed by atoms with Gasteiger partial charge in [0.15, 0.2) is 0 Å². The van der Waals surface area contributed by atoms with Crippen molar-refractivity contribution >= 4 is 0 Å². The average Bonchev–Trinajstić information content (AvgIpc) is 2.72. The SMILES string of the molecule is CCn1nc(C)cc1CC(N)c1ccc(C)c(C)c1. The first-order valence-corrected chi connectivity index (χ1v) is 6.87. The van der Waals surface area contributed by atoms with E-state index in [1.165, 1.54) is 22.4 Å². The minimum absolute atomic E-state index is 0.0284. The molecule has 19 heavy (non-hydrogen) atoms. The molecule has 1 aromatic heterocycles. The molecule has 3 heteroatoms. The third-order valence-electron chi connectivity index (χ3n) is 3.67. The minimum atomic E-state index is 0.0284. The van der Waals surface area contributed by atoms with E-state index in [1.54, 1.807) is 0 Å².